The van der Waals surface area contributed by atoms with Gasteiger partial charge in [-0.25, -0.2) is 4.79 Å². The average molecular weight is 434 g/mol. The second-order valence-corrected chi connectivity index (χ2v) is 7.69. The number of aryl methyl sites for hydroxylation is 2. The molecule has 164 valence electrons. The fourth-order valence-corrected chi connectivity index (χ4v) is 3.81. The predicted octanol–water partition coefficient (Wildman–Crippen LogP) is 1.45. The maximum absolute atomic E-state index is 12.5. The number of para-hydroxylation sites is 1. The molecule has 1 atom stereocenters. The summed E-state index contributed by atoms with van der Waals surface area (Å²) in [4.78, 5) is 53.3. The number of H-pyrrole nitrogens is 2. The molecule has 0 radical (unpaired) electrons. The molecule has 0 saturated carbocycles. The zero-order valence-electron chi connectivity index (χ0n) is 17.3. The number of nitrogens with zero attached hydrogens (tertiary/aromatic N) is 1. The van der Waals surface area contributed by atoms with Crippen molar-refractivity contribution >= 4 is 33.8 Å². The number of carbonyl (C=O) groups is 2. The van der Waals surface area contributed by atoms with E-state index in [1.165, 1.54) is 11.6 Å². The van der Waals surface area contributed by atoms with Crippen LogP contribution in [-0.4, -0.2) is 37.6 Å². The van der Waals surface area contributed by atoms with Crippen LogP contribution in [0.4, 0.5) is 0 Å². The molecular formula is C23H22N4O5. The quantitative estimate of drug-likeness (QED) is 0.326. The molecule has 1 amide bonds. The van der Waals surface area contributed by atoms with Crippen LogP contribution < -0.4 is 16.4 Å². The van der Waals surface area contributed by atoms with Crippen LogP contribution in [0.5, 0.6) is 0 Å². The highest BCUT2D eigenvalue weighted by Gasteiger charge is 2.21. The van der Waals surface area contributed by atoms with E-state index in [-0.39, 0.29) is 18.7 Å². The summed E-state index contributed by atoms with van der Waals surface area (Å²) in [5.74, 6) is -1.49. The van der Waals surface area contributed by atoms with E-state index in [1.807, 2.05) is 24.3 Å². The van der Waals surface area contributed by atoms with Crippen LogP contribution >= 0.6 is 0 Å². The Morgan fingerprint density at radius 1 is 1.12 bits per heavy atom. The lowest BCUT2D eigenvalue weighted by Gasteiger charge is -2.14. The summed E-state index contributed by atoms with van der Waals surface area (Å²) in [6.45, 7) is 0. The van der Waals surface area contributed by atoms with Gasteiger partial charge in [0.15, 0.2) is 0 Å². The lowest BCUT2D eigenvalue weighted by Crippen LogP contribution is -2.42. The number of carboxylic acid groups (broad SMARTS) is 1. The van der Waals surface area contributed by atoms with Gasteiger partial charge in [-0.1, -0.05) is 24.3 Å². The molecule has 0 spiro atoms. The number of benzene rings is 2. The highest BCUT2D eigenvalue weighted by molar-refractivity contribution is 5.87. The number of aromatic nitrogens is 3. The minimum atomic E-state index is -1.10. The molecule has 9 nitrogen and oxygen atoms in total. The number of nitrogens with one attached hydrogen (secondary N) is 3. The number of carbonyl (C=O) groups excluding carboxylic acids is 1. The first-order valence-electron chi connectivity index (χ1n) is 10.1. The van der Waals surface area contributed by atoms with Crippen molar-refractivity contribution in [3.63, 3.8) is 0 Å². The summed E-state index contributed by atoms with van der Waals surface area (Å²) in [5, 5.41) is 13.1. The van der Waals surface area contributed by atoms with Crippen LogP contribution in [0.3, 0.4) is 0 Å². The number of hydrogen-bond acceptors (Lipinski definition) is 4. The molecule has 4 N–H and O–H groups in total. The molecule has 0 fully saturated rings. The standard InChI is InChI=1S/C23H22N4O5/c1-27-19-8-6-13(10-17(19)26-21(29)22(27)30)7-9-20(28)25-18(23(31)32)11-14-12-24-16-5-3-2-4-15(14)16/h2-6,8,10,12,18,24H,7,9,11H2,1H3,(H,25,28)(H,26,29)(H,31,32). The number of fused-ring (bicyclic) bond motifs is 2. The van der Waals surface area contributed by atoms with E-state index in [2.05, 4.69) is 15.3 Å². The Hall–Kier alpha value is -4.14. The molecule has 0 saturated heterocycles. The van der Waals surface area contributed by atoms with E-state index in [4.69, 9.17) is 0 Å². The maximum Gasteiger partial charge on any atom is 0.326 e. The number of carboxylic acids is 1. The Kier molecular flexibility index (Phi) is 5.63. The minimum absolute atomic E-state index is 0.0825. The van der Waals surface area contributed by atoms with Gasteiger partial charge < -0.3 is 25.0 Å². The third kappa shape index (κ3) is 4.18. The average Bonchev–Trinajstić information content (AvgIpc) is 3.18. The van der Waals surface area contributed by atoms with Crippen molar-refractivity contribution in [3.8, 4) is 0 Å². The monoisotopic (exact) mass is 434 g/mol. The molecule has 32 heavy (non-hydrogen) atoms. The van der Waals surface area contributed by atoms with Gasteiger partial charge in [-0.05, 0) is 35.7 Å². The van der Waals surface area contributed by atoms with E-state index in [1.54, 1.807) is 24.4 Å². The third-order valence-corrected chi connectivity index (χ3v) is 5.54. The van der Waals surface area contributed by atoms with Crippen LogP contribution in [0.15, 0.2) is 58.3 Å². The normalized spacial score (nSPS) is 12.2. The molecule has 0 bridgehead atoms. The Morgan fingerprint density at radius 2 is 1.91 bits per heavy atom. The molecule has 0 aliphatic heterocycles. The van der Waals surface area contributed by atoms with E-state index < -0.39 is 23.1 Å². The summed E-state index contributed by atoms with van der Waals surface area (Å²) in [7, 11) is 1.52. The zero-order valence-corrected chi connectivity index (χ0v) is 17.3. The van der Waals surface area contributed by atoms with Gasteiger partial charge in [-0.3, -0.25) is 14.4 Å². The minimum Gasteiger partial charge on any atom is -0.480 e. The molecule has 0 aliphatic carbocycles. The lowest BCUT2D eigenvalue weighted by atomic mass is 10.0. The van der Waals surface area contributed by atoms with Crippen molar-refractivity contribution in [1.29, 1.82) is 0 Å². The van der Waals surface area contributed by atoms with Crippen molar-refractivity contribution in [2.75, 3.05) is 0 Å². The van der Waals surface area contributed by atoms with Gasteiger partial charge in [-0.2, -0.15) is 0 Å². The van der Waals surface area contributed by atoms with Crippen molar-refractivity contribution < 1.29 is 14.7 Å². The van der Waals surface area contributed by atoms with Gasteiger partial charge in [0, 0.05) is 37.0 Å². The Labute approximate surface area is 181 Å². The topological polar surface area (TPSA) is 137 Å². The summed E-state index contributed by atoms with van der Waals surface area (Å²) >= 11 is 0. The second kappa shape index (κ2) is 8.54. The SMILES string of the molecule is Cn1c(=O)c(=O)[nH]c2cc(CCC(=O)NC(Cc3c[nH]c4ccccc34)C(=O)O)ccc21. The van der Waals surface area contributed by atoms with E-state index in [9.17, 15) is 24.3 Å². The molecule has 2 aromatic carbocycles. The Bertz CT molecular complexity index is 1450. The maximum atomic E-state index is 12.5. The number of aromatic amines is 2. The van der Waals surface area contributed by atoms with Gasteiger partial charge in [0.1, 0.15) is 6.04 Å². The van der Waals surface area contributed by atoms with Crippen molar-refractivity contribution in [2.24, 2.45) is 7.05 Å². The van der Waals surface area contributed by atoms with E-state index >= 15 is 0 Å². The van der Waals surface area contributed by atoms with Crippen LogP contribution in [0.1, 0.15) is 17.5 Å². The van der Waals surface area contributed by atoms with Crippen LogP contribution in [0.25, 0.3) is 21.9 Å². The molecule has 0 aliphatic rings. The van der Waals surface area contributed by atoms with Gasteiger partial charge in [0.2, 0.25) is 5.91 Å². The van der Waals surface area contributed by atoms with E-state index in [0.717, 1.165) is 22.0 Å². The lowest BCUT2D eigenvalue weighted by molar-refractivity contribution is -0.141. The van der Waals surface area contributed by atoms with Gasteiger partial charge >= 0.3 is 17.1 Å². The summed E-state index contributed by atoms with van der Waals surface area (Å²) in [6, 6.07) is 11.7. The summed E-state index contributed by atoms with van der Waals surface area (Å²) in [5.41, 5.74) is 2.23. The second-order valence-electron chi connectivity index (χ2n) is 7.69. The number of aliphatic carboxylic acids is 1. The van der Waals surface area contributed by atoms with E-state index in [0.29, 0.717) is 17.5 Å². The summed E-state index contributed by atoms with van der Waals surface area (Å²) in [6.07, 6.45) is 2.36. The first-order valence-corrected chi connectivity index (χ1v) is 10.1. The van der Waals surface area contributed by atoms with Gasteiger partial charge in [0.05, 0.1) is 11.0 Å². The third-order valence-electron chi connectivity index (χ3n) is 5.54. The first-order chi connectivity index (χ1) is 15.3. The summed E-state index contributed by atoms with van der Waals surface area (Å²) < 4.78 is 1.27. The highest BCUT2D eigenvalue weighted by atomic mass is 16.4. The molecule has 2 heterocycles. The molecule has 4 aromatic rings. The Balaban J connectivity index is 1.44. The predicted molar refractivity (Wildman–Crippen MR) is 120 cm³/mol. The number of hydrogen-bond donors (Lipinski definition) is 4. The Morgan fingerprint density at radius 3 is 2.69 bits per heavy atom. The first kappa shape index (κ1) is 21.1. The molecule has 1 unspecified atom stereocenters. The van der Waals surface area contributed by atoms with Crippen molar-refractivity contribution in [2.45, 2.75) is 25.3 Å². The van der Waals surface area contributed by atoms with Crippen LogP contribution in [0.2, 0.25) is 0 Å². The molecule has 9 heteroatoms. The highest BCUT2D eigenvalue weighted by Crippen LogP contribution is 2.19. The fourth-order valence-electron chi connectivity index (χ4n) is 3.81. The van der Waals surface area contributed by atoms with Crippen LogP contribution in [-0.2, 0) is 29.5 Å². The molecule has 2 aromatic heterocycles. The van der Waals surface area contributed by atoms with Gasteiger partial charge in [0.25, 0.3) is 0 Å². The fraction of sp³-hybridized carbons (Fsp3) is 0.217. The van der Waals surface area contributed by atoms with Gasteiger partial charge in [-0.15, -0.1) is 0 Å². The number of rotatable bonds is 7. The molecular weight excluding hydrogens is 412 g/mol. The number of amides is 1. The van der Waals surface area contributed by atoms with Crippen molar-refractivity contribution in [3.05, 3.63) is 80.5 Å². The smallest absolute Gasteiger partial charge is 0.326 e. The largest absolute Gasteiger partial charge is 0.480 e. The molecule has 4 rings (SSSR count). The zero-order chi connectivity index (χ0) is 22.8. The van der Waals surface area contributed by atoms with Crippen LogP contribution in [0, 0.1) is 0 Å². The van der Waals surface area contributed by atoms with Crippen molar-refractivity contribution in [1.82, 2.24) is 19.9 Å².